The van der Waals surface area contributed by atoms with Crippen molar-refractivity contribution in [3.8, 4) is 21.8 Å². The van der Waals surface area contributed by atoms with Crippen molar-refractivity contribution >= 4 is 22.4 Å². The van der Waals surface area contributed by atoms with Crippen LogP contribution in [0.1, 0.15) is 0 Å². The fourth-order valence-electron chi connectivity index (χ4n) is 2.99. The van der Waals surface area contributed by atoms with Crippen molar-refractivity contribution in [1.82, 2.24) is 14.5 Å². The first-order valence-electron chi connectivity index (χ1n) is 8.33. The molecule has 2 aromatic heterocycles. The number of hydrogen-bond acceptors (Lipinski definition) is 6. The van der Waals surface area contributed by atoms with Gasteiger partial charge in [0.25, 0.3) is 0 Å². The molecular formula is C18H18N4O3S. The highest BCUT2D eigenvalue weighted by Gasteiger charge is 2.21. The molecule has 26 heavy (non-hydrogen) atoms. The molecule has 0 amide bonds. The van der Waals surface area contributed by atoms with Crippen molar-refractivity contribution in [2.24, 2.45) is 0 Å². The first-order valence-corrected chi connectivity index (χ1v) is 9.15. The molecule has 8 heteroatoms. The largest absolute Gasteiger partial charge is 0.480 e. The lowest BCUT2D eigenvalue weighted by Crippen LogP contribution is -2.36. The van der Waals surface area contributed by atoms with Crippen LogP contribution in [-0.2, 0) is 16.1 Å². The molecule has 1 aliphatic rings. The van der Waals surface area contributed by atoms with Crippen LogP contribution in [0.5, 0.6) is 0 Å². The van der Waals surface area contributed by atoms with E-state index in [0.717, 1.165) is 40.0 Å². The van der Waals surface area contributed by atoms with Crippen LogP contribution in [-0.4, -0.2) is 51.9 Å². The Morgan fingerprint density at radius 3 is 2.69 bits per heavy atom. The quantitative estimate of drug-likeness (QED) is 0.744. The van der Waals surface area contributed by atoms with Gasteiger partial charge in [0, 0.05) is 24.8 Å². The molecule has 4 rings (SSSR count). The normalized spacial score (nSPS) is 14.5. The van der Waals surface area contributed by atoms with E-state index >= 15 is 0 Å². The highest BCUT2D eigenvalue weighted by atomic mass is 32.1. The van der Waals surface area contributed by atoms with Crippen LogP contribution < -0.4 is 4.90 Å². The molecule has 1 fully saturated rings. The summed E-state index contributed by atoms with van der Waals surface area (Å²) in [5, 5.41) is 10.2. The first kappa shape index (κ1) is 16.7. The Kier molecular flexibility index (Phi) is 4.68. The summed E-state index contributed by atoms with van der Waals surface area (Å²) in [5.41, 5.74) is 2.51. The van der Waals surface area contributed by atoms with Crippen molar-refractivity contribution in [3.05, 3.63) is 42.9 Å². The number of nitrogens with zero attached hydrogens (tertiary/aromatic N) is 4. The summed E-state index contributed by atoms with van der Waals surface area (Å²) in [6.07, 6.45) is 3.39. The molecule has 3 heterocycles. The zero-order valence-electron chi connectivity index (χ0n) is 14.0. The zero-order valence-corrected chi connectivity index (χ0v) is 14.9. The lowest BCUT2D eigenvalue weighted by atomic mass is 10.1. The molecule has 0 unspecified atom stereocenters. The van der Waals surface area contributed by atoms with E-state index in [-0.39, 0.29) is 6.54 Å². The average molecular weight is 370 g/mol. The maximum absolute atomic E-state index is 11.3. The number of ether oxygens (including phenoxy) is 1. The van der Waals surface area contributed by atoms with Gasteiger partial charge in [-0.1, -0.05) is 41.7 Å². The van der Waals surface area contributed by atoms with Crippen LogP contribution in [0.4, 0.5) is 5.13 Å². The van der Waals surface area contributed by atoms with Crippen LogP contribution in [0.2, 0.25) is 0 Å². The SMILES string of the molecule is O=C(O)Cn1cnc(-c2ccccc2)c1-c1cnc(N2CCOCC2)s1. The van der Waals surface area contributed by atoms with Gasteiger partial charge >= 0.3 is 5.97 Å². The average Bonchev–Trinajstić information content (AvgIpc) is 3.29. The number of hydrogen-bond donors (Lipinski definition) is 1. The number of carboxylic acids is 1. The fraction of sp³-hybridized carbons (Fsp3) is 0.278. The van der Waals surface area contributed by atoms with Crippen molar-refractivity contribution in [2.75, 3.05) is 31.2 Å². The number of thiazole rings is 1. The smallest absolute Gasteiger partial charge is 0.323 e. The van der Waals surface area contributed by atoms with E-state index in [9.17, 15) is 9.90 Å². The number of anilines is 1. The van der Waals surface area contributed by atoms with Gasteiger partial charge in [-0.25, -0.2) is 9.97 Å². The van der Waals surface area contributed by atoms with Gasteiger partial charge in [0.05, 0.1) is 35.8 Å². The van der Waals surface area contributed by atoms with E-state index in [0.29, 0.717) is 13.2 Å². The van der Waals surface area contributed by atoms with E-state index in [1.165, 1.54) is 0 Å². The lowest BCUT2D eigenvalue weighted by molar-refractivity contribution is -0.137. The van der Waals surface area contributed by atoms with E-state index in [2.05, 4.69) is 14.9 Å². The highest BCUT2D eigenvalue weighted by Crippen LogP contribution is 2.37. The number of carboxylic acid groups (broad SMARTS) is 1. The van der Waals surface area contributed by atoms with Gasteiger partial charge < -0.3 is 19.3 Å². The minimum absolute atomic E-state index is 0.139. The predicted octanol–water partition coefficient (Wildman–Crippen LogP) is 2.59. The summed E-state index contributed by atoms with van der Waals surface area (Å²) in [5.74, 6) is -0.902. The number of imidazole rings is 1. The molecule has 134 valence electrons. The molecule has 0 spiro atoms. The predicted molar refractivity (Wildman–Crippen MR) is 99.4 cm³/mol. The molecule has 1 aliphatic heterocycles. The third-order valence-corrected chi connectivity index (χ3v) is 5.26. The minimum atomic E-state index is -0.902. The van der Waals surface area contributed by atoms with Crippen LogP contribution in [0.15, 0.2) is 42.9 Å². The Morgan fingerprint density at radius 1 is 1.19 bits per heavy atom. The first-order chi connectivity index (χ1) is 12.7. The lowest BCUT2D eigenvalue weighted by Gasteiger charge is -2.25. The van der Waals surface area contributed by atoms with E-state index in [4.69, 9.17) is 4.74 Å². The van der Waals surface area contributed by atoms with E-state index < -0.39 is 5.97 Å². The van der Waals surface area contributed by atoms with Crippen LogP contribution in [0.25, 0.3) is 21.8 Å². The second-order valence-electron chi connectivity index (χ2n) is 5.94. The van der Waals surface area contributed by atoms with Crippen molar-refractivity contribution in [1.29, 1.82) is 0 Å². The number of morpholine rings is 1. The Labute approximate surface area is 154 Å². The van der Waals surface area contributed by atoms with Gasteiger partial charge in [0.2, 0.25) is 0 Å². The summed E-state index contributed by atoms with van der Waals surface area (Å²) >= 11 is 1.55. The van der Waals surface area contributed by atoms with E-state index in [1.54, 1.807) is 28.4 Å². The van der Waals surface area contributed by atoms with Gasteiger partial charge in [-0.05, 0) is 0 Å². The summed E-state index contributed by atoms with van der Waals surface area (Å²) in [6.45, 7) is 2.88. The Balaban J connectivity index is 1.75. The molecule has 7 nitrogen and oxygen atoms in total. The maximum atomic E-state index is 11.3. The fourth-order valence-corrected chi connectivity index (χ4v) is 4.02. The van der Waals surface area contributed by atoms with Gasteiger partial charge in [-0.3, -0.25) is 4.79 Å². The van der Waals surface area contributed by atoms with Crippen LogP contribution in [0, 0.1) is 0 Å². The summed E-state index contributed by atoms with van der Waals surface area (Å²) in [7, 11) is 0. The Hall–Kier alpha value is -2.71. The summed E-state index contributed by atoms with van der Waals surface area (Å²) in [4.78, 5) is 23.4. The van der Waals surface area contributed by atoms with Crippen molar-refractivity contribution in [3.63, 3.8) is 0 Å². The molecule has 1 saturated heterocycles. The molecule has 1 N–H and O–H groups in total. The molecular weight excluding hydrogens is 352 g/mol. The molecule has 3 aromatic rings. The van der Waals surface area contributed by atoms with Crippen LogP contribution >= 0.6 is 11.3 Å². The molecule has 0 atom stereocenters. The number of rotatable bonds is 5. The monoisotopic (exact) mass is 370 g/mol. The topological polar surface area (TPSA) is 80.5 Å². The van der Waals surface area contributed by atoms with Gasteiger partial charge in [0.15, 0.2) is 5.13 Å². The molecule has 0 saturated carbocycles. The van der Waals surface area contributed by atoms with Gasteiger partial charge in [-0.2, -0.15) is 0 Å². The standard InChI is InChI=1S/C18H18N4O3S/c23-15(24)11-22-12-20-16(13-4-2-1-3-5-13)17(22)14-10-19-18(26-14)21-6-8-25-9-7-21/h1-5,10,12H,6-9,11H2,(H,23,24). The van der Waals surface area contributed by atoms with Gasteiger partial charge in [-0.15, -0.1) is 0 Å². The number of aliphatic carboxylic acids is 1. The molecule has 0 radical (unpaired) electrons. The van der Waals surface area contributed by atoms with Crippen molar-refractivity contribution in [2.45, 2.75) is 6.54 Å². The van der Waals surface area contributed by atoms with Gasteiger partial charge in [0.1, 0.15) is 6.54 Å². The maximum Gasteiger partial charge on any atom is 0.323 e. The number of benzene rings is 1. The van der Waals surface area contributed by atoms with E-state index in [1.807, 2.05) is 30.3 Å². The second-order valence-corrected chi connectivity index (χ2v) is 6.95. The third kappa shape index (κ3) is 3.33. The second kappa shape index (κ2) is 7.27. The Morgan fingerprint density at radius 2 is 1.96 bits per heavy atom. The number of aromatic nitrogens is 3. The summed E-state index contributed by atoms with van der Waals surface area (Å²) < 4.78 is 7.06. The molecule has 1 aromatic carbocycles. The van der Waals surface area contributed by atoms with Crippen LogP contribution in [0.3, 0.4) is 0 Å². The highest BCUT2D eigenvalue weighted by molar-refractivity contribution is 7.18. The minimum Gasteiger partial charge on any atom is -0.480 e. The van der Waals surface area contributed by atoms with Crippen molar-refractivity contribution < 1.29 is 14.6 Å². The number of carbonyl (C=O) groups is 1. The molecule has 0 bridgehead atoms. The Bertz CT molecular complexity index is 900. The third-order valence-electron chi connectivity index (χ3n) is 4.20. The zero-order chi connectivity index (χ0) is 17.9. The molecule has 0 aliphatic carbocycles. The summed E-state index contributed by atoms with van der Waals surface area (Å²) in [6, 6.07) is 9.78.